The van der Waals surface area contributed by atoms with Crippen LogP contribution in [0.25, 0.3) is 0 Å². The van der Waals surface area contributed by atoms with Crippen LogP contribution < -0.4 is 11.1 Å². The fourth-order valence-corrected chi connectivity index (χ4v) is 2.10. The Morgan fingerprint density at radius 1 is 1.53 bits per heavy atom. The minimum atomic E-state index is -0.172. The Kier molecular flexibility index (Phi) is 4.16. The maximum Gasteiger partial charge on any atom is 0.251 e. The molecule has 0 aliphatic carbocycles. The van der Waals surface area contributed by atoms with Crippen LogP contribution in [0.1, 0.15) is 21.7 Å². The molecule has 0 atom stereocenters. The van der Waals surface area contributed by atoms with Crippen molar-refractivity contribution in [2.75, 3.05) is 12.3 Å². The smallest absolute Gasteiger partial charge is 0.251 e. The van der Waals surface area contributed by atoms with Crippen LogP contribution in [0.2, 0.25) is 0 Å². The minimum Gasteiger partial charge on any atom is -0.398 e. The first kappa shape index (κ1) is 13.5. The van der Waals surface area contributed by atoms with Gasteiger partial charge < -0.3 is 15.6 Å². The molecule has 1 aromatic heterocycles. The molecular weight excluding hydrogens is 312 g/mol. The molecular formula is C12H13BrN4O2. The van der Waals surface area contributed by atoms with E-state index in [0.717, 1.165) is 10.0 Å². The van der Waals surface area contributed by atoms with Gasteiger partial charge in [-0.15, -0.1) is 0 Å². The van der Waals surface area contributed by atoms with Crippen LogP contribution in [0, 0.1) is 6.92 Å². The monoisotopic (exact) mass is 324 g/mol. The number of halogens is 1. The molecule has 0 saturated carbocycles. The van der Waals surface area contributed by atoms with E-state index in [1.54, 1.807) is 12.1 Å². The number of amides is 1. The zero-order valence-corrected chi connectivity index (χ0v) is 11.9. The third-order valence-electron chi connectivity index (χ3n) is 2.70. The summed E-state index contributed by atoms with van der Waals surface area (Å²) in [6.45, 7) is 2.25. The largest absolute Gasteiger partial charge is 0.398 e. The van der Waals surface area contributed by atoms with Crippen molar-refractivity contribution < 1.29 is 9.32 Å². The first-order chi connectivity index (χ1) is 9.08. The number of rotatable bonds is 4. The Balaban J connectivity index is 2.00. The maximum absolute atomic E-state index is 12.0. The number of nitrogens with one attached hydrogen (secondary N) is 1. The van der Waals surface area contributed by atoms with E-state index in [0.29, 0.717) is 30.0 Å². The second kappa shape index (κ2) is 5.83. The summed E-state index contributed by atoms with van der Waals surface area (Å²) in [6.07, 6.45) is 1.78. The normalized spacial score (nSPS) is 10.4. The standard InChI is InChI=1S/C12H13BrN4O2/c1-7-9(4-8(13)5-10(7)14)12(18)15-3-2-11-16-6-19-17-11/h4-6H,2-3,14H2,1H3,(H,15,18). The number of nitrogens with zero attached hydrogens (tertiary/aromatic N) is 2. The van der Waals surface area contributed by atoms with Crippen LogP contribution in [0.3, 0.4) is 0 Å². The van der Waals surface area contributed by atoms with E-state index in [1.807, 2.05) is 6.92 Å². The molecule has 0 radical (unpaired) electrons. The van der Waals surface area contributed by atoms with Crippen molar-refractivity contribution in [1.29, 1.82) is 0 Å². The van der Waals surface area contributed by atoms with E-state index in [-0.39, 0.29) is 5.91 Å². The fraction of sp³-hybridized carbons (Fsp3) is 0.250. The second-order valence-corrected chi connectivity index (χ2v) is 4.94. The van der Waals surface area contributed by atoms with E-state index in [9.17, 15) is 4.79 Å². The van der Waals surface area contributed by atoms with Gasteiger partial charge in [0, 0.05) is 28.7 Å². The van der Waals surface area contributed by atoms with E-state index >= 15 is 0 Å². The number of benzene rings is 1. The number of nitrogens with two attached hydrogens (primary N) is 1. The van der Waals surface area contributed by atoms with Gasteiger partial charge >= 0.3 is 0 Å². The molecule has 6 nitrogen and oxygen atoms in total. The van der Waals surface area contributed by atoms with Gasteiger partial charge in [-0.25, -0.2) is 0 Å². The first-order valence-electron chi connectivity index (χ1n) is 5.67. The predicted molar refractivity (Wildman–Crippen MR) is 73.6 cm³/mol. The lowest BCUT2D eigenvalue weighted by Gasteiger charge is -2.09. The molecule has 0 saturated heterocycles. The molecule has 1 amide bonds. The molecule has 7 heteroatoms. The topological polar surface area (TPSA) is 94.0 Å². The molecule has 19 heavy (non-hydrogen) atoms. The van der Waals surface area contributed by atoms with Crippen LogP contribution in [0.15, 0.2) is 27.5 Å². The van der Waals surface area contributed by atoms with Crippen LogP contribution in [0.5, 0.6) is 0 Å². The molecule has 2 aromatic rings. The Morgan fingerprint density at radius 3 is 3.00 bits per heavy atom. The van der Waals surface area contributed by atoms with Crippen molar-refractivity contribution >= 4 is 27.5 Å². The SMILES string of the molecule is Cc1c(N)cc(Br)cc1C(=O)NCCc1ncon1. The third kappa shape index (κ3) is 3.31. The number of hydrogen-bond acceptors (Lipinski definition) is 5. The molecule has 2 rings (SSSR count). The number of carbonyl (C=O) groups is 1. The average Bonchev–Trinajstić information content (AvgIpc) is 2.86. The van der Waals surface area contributed by atoms with E-state index in [2.05, 4.69) is 35.9 Å². The molecule has 0 unspecified atom stereocenters. The summed E-state index contributed by atoms with van der Waals surface area (Å²) >= 11 is 3.32. The highest BCUT2D eigenvalue weighted by Gasteiger charge is 2.12. The highest BCUT2D eigenvalue weighted by atomic mass is 79.9. The van der Waals surface area contributed by atoms with Crippen LogP contribution in [0.4, 0.5) is 5.69 Å². The highest BCUT2D eigenvalue weighted by molar-refractivity contribution is 9.10. The summed E-state index contributed by atoms with van der Waals surface area (Å²) in [5, 5.41) is 6.46. The molecule has 0 bridgehead atoms. The molecule has 100 valence electrons. The predicted octanol–water partition coefficient (Wildman–Crippen LogP) is 1.70. The number of nitrogen functional groups attached to an aromatic ring is 1. The maximum atomic E-state index is 12.0. The zero-order valence-electron chi connectivity index (χ0n) is 10.3. The zero-order chi connectivity index (χ0) is 13.8. The lowest BCUT2D eigenvalue weighted by Crippen LogP contribution is -2.26. The van der Waals surface area contributed by atoms with Crippen molar-refractivity contribution in [3.05, 3.63) is 40.0 Å². The van der Waals surface area contributed by atoms with Crippen molar-refractivity contribution in [3.8, 4) is 0 Å². The van der Waals surface area contributed by atoms with Crippen molar-refractivity contribution in [3.63, 3.8) is 0 Å². The molecule has 0 spiro atoms. The summed E-state index contributed by atoms with van der Waals surface area (Å²) in [5.41, 5.74) is 7.72. The van der Waals surface area contributed by atoms with Crippen LogP contribution in [-0.4, -0.2) is 22.6 Å². The highest BCUT2D eigenvalue weighted by Crippen LogP contribution is 2.22. The minimum absolute atomic E-state index is 0.172. The van der Waals surface area contributed by atoms with Crippen LogP contribution in [-0.2, 0) is 6.42 Å². The van der Waals surface area contributed by atoms with Gasteiger partial charge in [0.25, 0.3) is 5.91 Å². The van der Waals surface area contributed by atoms with Gasteiger partial charge in [-0.2, -0.15) is 4.98 Å². The van der Waals surface area contributed by atoms with Gasteiger partial charge in [0.2, 0.25) is 6.39 Å². The third-order valence-corrected chi connectivity index (χ3v) is 3.16. The Bertz CT molecular complexity index is 584. The van der Waals surface area contributed by atoms with Gasteiger partial charge in [-0.05, 0) is 24.6 Å². The molecule has 3 N–H and O–H groups in total. The summed E-state index contributed by atoms with van der Waals surface area (Å²) in [4.78, 5) is 15.9. The van der Waals surface area contributed by atoms with Gasteiger partial charge in [-0.1, -0.05) is 21.1 Å². The van der Waals surface area contributed by atoms with Crippen molar-refractivity contribution in [1.82, 2.24) is 15.5 Å². The Labute approximate surface area is 118 Å². The average molecular weight is 325 g/mol. The van der Waals surface area contributed by atoms with Crippen molar-refractivity contribution in [2.45, 2.75) is 13.3 Å². The van der Waals surface area contributed by atoms with Crippen molar-refractivity contribution in [2.24, 2.45) is 0 Å². The summed E-state index contributed by atoms with van der Waals surface area (Å²) < 4.78 is 5.39. The van der Waals surface area contributed by atoms with Crippen LogP contribution >= 0.6 is 15.9 Å². The first-order valence-corrected chi connectivity index (χ1v) is 6.46. The Hall–Kier alpha value is -1.89. The summed E-state index contributed by atoms with van der Waals surface area (Å²) in [7, 11) is 0. The quantitative estimate of drug-likeness (QED) is 0.835. The van der Waals surface area contributed by atoms with E-state index in [4.69, 9.17) is 5.73 Å². The molecule has 0 aliphatic heterocycles. The Morgan fingerprint density at radius 2 is 2.32 bits per heavy atom. The fourth-order valence-electron chi connectivity index (χ4n) is 1.62. The van der Waals surface area contributed by atoms with Gasteiger partial charge in [0.1, 0.15) is 0 Å². The molecule has 1 aromatic carbocycles. The van der Waals surface area contributed by atoms with E-state index in [1.165, 1.54) is 6.39 Å². The number of anilines is 1. The number of carbonyl (C=O) groups excluding carboxylic acids is 1. The molecule has 0 aliphatic rings. The number of aromatic nitrogens is 2. The van der Waals surface area contributed by atoms with Gasteiger partial charge in [-0.3, -0.25) is 4.79 Å². The lowest BCUT2D eigenvalue weighted by molar-refractivity contribution is 0.0953. The second-order valence-electron chi connectivity index (χ2n) is 4.02. The number of hydrogen-bond donors (Lipinski definition) is 2. The van der Waals surface area contributed by atoms with Gasteiger partial charge in [0.15, 0.2) is 5.82 Å². The molecule has 0 fully saturated rings. The van der Waals surface area contributed by atoms with E-state index < -0.39 is 0 Å². The lowest BCUT2D eigenvalue weighted by atomic mass is 10.1. The summed E-state index contributed by atoms with van der Waals surface area (Å²) in [6, 6.07) is 3.51. The van der Waals surface area contributed by atoms with Gasteiger partial charge in [0.05, 0.1) is 0 Å². The summed E-state index contributed by atoms with van der Waals surface area (Å²) in [5.74, 6) is 0.389. The molecule has 1 heterocycles.